The second-order valence-electron chi connectivity index (χ2n) is 3.88. The quantitative estimate of drug-likeness (QED) is 0.751. The fourth-order valence-electron chi connectivity index (χ4n) is 1.39. The van der Waals surface area contributed by atoms with Crippen LogP contribution < -0.4 is 0 Å². The maximum Gasteiger partial charge on any atom is 0.162 e. The Hall–Kier alpha value is -1.28. The predicted molar refractivity (Wildman–Crippen MR) is 64.3 cm³/mol. The van der Waals surface area contributed by atoms with E-state index in [0.29, 0.717) is 5.69 Å². The molecule has 0 amide bonds. The Morgan fingerprint density at radius 1 is 1.44 bits per heavy atom. The number of nitrogens with zero attached hydrogens (tertiary/aromatic N) is 3. The Labute approximate surface area is 95.9 Å². The molecule has 0 spiro atoms. The summed E-state index contributed by atoms with van der Waals surface area (Å²) in [7, 11) is 2.14. The SMILES string of the molecule is Cc1ccn(-c2ccnc(C(C)(F)P)c2)n1. The third kappa shape index (κ3) is 2.27. The molecule has 2 rings (SSSR count). The van der Waals surface area contributed by atoms with Crippen molar-refractivity contribution in [3.8, 4) is 5.69 Å². The van der Waals surface area contributed by atoms with Gasteiger partial charge in [0.25, 0.3) is 0 Å². The first kappa shape index (κ1) is 11.2. The molecule has 16 heavy (non-hydrogen) atoms. The van der Waals surface area contributed by atoms with Crippen molar-refractivity contribution in [2.24, 2.45) is 0 Å². The normalized spacial score (nSPS) is 14.8. The summed E-state index contributed by atoms with van der Waals surface area (Å²) in [6, 6.07) is 5.39. The Morgan fingerprint density at radius 2 is 2.19 bits per heavy atom. The highest BCUT2D eigenvalue weighted by molar-refractivity contribution is 7.18. The van der Waals surface area contributed by atoms with Gasteiger partial charge in [-0.1, -0.05) is 9.24 Å². The highest BCUT2D eigenvalue weighted by atomic mass is 31.0. The second kappa shape index (κ2) is 3.95. The van der Waals surface area contributed by atoms with E-state index >= 15 is 0 Å². The summed E-state index contributed by atoms with van der Waals surface area (Å²) < 4.78 is 15.4. The van der Waals surface area contributed by atoms with Crippen LogP contribution in [0.25, 0.3) is 5.69 Å². The van der Waals surface area contributed by atoms with Gasteiger partial charge in [0.2, 0.25) is 0 Å². The summed E-state index contributed by atoms with van der Waals surface area (Å²) in [5, 5.41) is 2.75. The molecule has 0 N–H and O–H groups in total. The van der Waals surface area contributed by atoms with Gasteiger partial charge in [-0.25, -0.2) is 9.07 Å². The molecule has 0 aliphatic heterocycles. The van der Waals surface area contributed by atoms with Crippen LogP contribution in [-0.2, 0) is 5.41 Å². The third-order valence-electron chi connectivity index (χ3n) is 2.23. The Morgan fingerprint density at radius 3 is 2.75 bits per heavy atom. The molecule has 0 fully saturated rings. The molecule has 2 aromatic heterocycles. The van der Waals surface area contributed by atoms with Crippen LogP contribution in [0.4, 0.5) is 4.39 Å². The zero-order chi connectivity index (χ0) is 11.8. The van der Waals surface area contributed by atoms with Gasteiger partial charge < -0.3 is 0 Å². The van der Waals surface area contributed by atoms with Crippen LogP contribution in [0.3, 0.4) is 0 Å². The Kier molecular flexibility index (Phi) is 2.76. The molecule has 3 nitrogen and oxygen atoms in total. The molecule has 2 aromatic rings. The van der Waals surface area contributed by atoms with Crippen LogP contribution in [0.15, 0.2) is 30.6 Å². The standard InChI is InChI=1S/C11H13FN3P/c1-8-4-6-15(14-8)9-3-5-13-10(7-9)11(2,12)16/h3-7H,16H2,1-2H3. The molecule has 2 atom stereocenters. The lowest BCUT2D eigenvalue weighted by Crippen LogP contribution is -2.08. The first-order chi connectivity index (χ1) is 7.47. The molecule has 5 heteroatoms. The summed E-state index contributed by atoms with van der Waals surface area (Å²) in [6.45, 7) is 3.37. The van der Waals surface area contributed by atoms with Crippen molar-refractivity contribution in [2.75, 3.05) is 0 Å². The monoisotopic (exact) mass is 237 g/mol. The molecule has 84 valence electrons. The molecule has 0 saturated heterocycles. The molecule has 0 saturated carbocycles. The zero-order valence-electron chi connectivity index (χ0n) is 9.18. The molecular formula is C11H13FN3P. The number of aryl methyl sites for hydroxylation is 1. The first-order valence-corrected chi connectivity index (χ1v) is 5.51. The van der Waals surface area contributed by atoms with E-state index in [-0.39, 0.29) is 0 Å². The fraction of sp³-hybridized carbons (Fsp3) is 0.273. The van der Waals surface area contributed by atoms with Crippen LogP contribution in [-0.4, -0.2) is 14.8 Å². The fourth-order valence-corrected chi connectivity index (χ4v) is 1.55. The zero-order valence-corrected chi connectivity index (χ0v) is 10.3. The van der Waals surface area contributed by atoms with E-state index in [1.54, 1.807) is 23.0 Å². The number of hydrogen-bond donors (Lipinski definition) is 0. The van der Waals surface area contributed by atoms with Crippen molar-refractivity contribution < 1.29 is 4.39 Å². The first-order valence-electron chi connectivity index (χ1n) is 4.94. The number of pyridine rings is 1. The van der Waals surface area contributed by atoms with Crippen molar-refractivity contribution >= 4 is 9.24 Å². The lowest BCUT2D eigenvalue weighted by atomic mass is 10.2. The van der Waals surface area contributed by atoms with Crippen LogP contribution in [0, 0.1) is 6.92 Å². The Bertz CT molecular complexity index is 502. The van der Waals surface area contributed by atoms with E-state index in [0.717, 1.165) is 11.4 Å². The summed E-state index contributed by atoms with van der Waals surface area (Å²) >= 11 is 0. The van der Waals surface area contributed by atoms with Gasteiger partial charge >= 0.3 is 0 Å². The van der Waals surface area contributed by atoms with Crippen molar-refractivity contribution in [3.05, 3.63) is 42.0 Å². The second-order valence-corrected chi connectivity index (χ2v) is 4.96. The summed E-state index contributed by atoms with van der Waals surface area (Å²) in [4.78, 5) is 4.01. The molecule has 0 bridgehead atoms. The average molecular weight is 237 g/mol. The highest BCUT2D eigenvalue weighted by Gasteiger charge is 2.21. The largest absolute Gasteiger partial charge is 0.257 e. The van der Waals surface area contributed by atoms with Crippen LogP contribution in [0.2, 0.25) is 0 Å². The van der Waals surface area contributed by atoms with E-state index in [4.69, 9.17) is 0 Å². The lowest BCUT2D eigenvalue weighted by molar-refractivity contribution is 0.315. The minimum Gasteiger partial charge on any atom is -0.257 e. The Balaban J connectivity index is 2.44. The number of rotatable bonds is 2. The van der Waals surface area contributed by atoms with Gasteiger partial charge in [0, 0.05) is 12.4 Å². The van der Waals surface area contributed by atoms with Crippen LogP contribution in [0.5, 0.6) is 0 Å². The topological polar surface area (TPSA) is 30.7 Å². The summed E-state index contributed by atoms with van der Waals surface area (Å²) in [6.07, 6.45) is 3.43. The molecule has 0 aliphatic carbocycles. The van der Waals surface area contributed by atoms with E-state index < -0.39 is 5.41 Å². The molecular weight excluding hydrogens is 224 g/mol. The minimum atomic E-state index is -1.52. The van der Waals surface area contributed by atoms with Gasteiger partial charge in [-0.3, -0.25) is 4.98 Å². The molecule has 0 aromatic carbocycles. The van der Waals surface area contributed by atoms with Crippen molar-refractivity contribution in [3.63, 3.8) is 0 Å². The third-order valence-corrected chi connectivity index (χ3v) is 2.53. The van der Waals surface area contributed by atoms with Gasteiger partial charge in [-0.05, 0) is 32.0 Å². The molecule has 2 unspecified atom stereocenters. The lowest BCUT2D eigenvalue weighted by Gasteiger charge is -2.13. The number of halogens is 1. The van der Waals surface area contributed by atoms with Crippen molar-refractivity contribution in [2.45, 2.75) is 19.3 Å². The highest BCUT2D eigenvalue weighted by Crippen LogP contribution is 2.31. The van der Waals surface area contributed by atoms with Gasteiger partial charge in [0.1, 0.15) is 0 Å². The smallest absolute Gasteiger partial charge is 0.162 e. The summed E-state index contributed by atoms with van der Waals surface area (Å²) in [5.74, 6) is 0. The van der Waals surface area contributed by atoms with Crippen LogP contribution >= 0.6 is 9.24 Å². The van der Waals surface area contributed by atoms with Gasteiger partial charge in [0.15, 0.2) is 5.41 Å². The molecule has 0 radical (unpaired) electrons. The maximum atomic E-state index is 13.7. The van der Waals surface area contributed by atoms with E-state index in [2.05, 4.69) is 19.3 Å². The van der Waals surface area contributed by atoms with Crippen molar-refractivity contribution in [1.82, 2.24) is 14.8 Å². The number of aromatic nitrogens is 3. The molecule has 2 heterocycles. The van der Waals surface area contributed by atoms with Crippen LogP contribution in [0.1, 0.15) is 18.3 Å². The van der Waals surface area contributed by atoms with Crippen molar-refractivity contribution in [1.29, 1.82) is 0 Å². The average Bonchev–Trinajstić information content (AvgIpc) is 2.64. The predicted octanol–water partition coefficient (Wildman–Crippen LogP) is 2.59. The maximum absolute atomic E-state index is 13.7. The van der Waals surface area contributed by atoms with E-state index in [1.807, 2.05) is 19.2 Å². The van der Waals surface area contributed by atoms with Gasteiger partial charge in [-0.2, -0.15) is 5.10 Å². The van der Waals surface area contributed by atoms with Gasteiger partial charge in [-0.15, -0.1) is 0 Å². The van der Waals surface area contributed by atoms with E-state index in [1.165, 1.54) is 6.92 Å². The number of alkyl halides is 1. The molecule has 0 aliphatic rings. The van der Waals surface area contributed by atoms with Gasteiger partial charge in [0.05, 0.1) is 17.1 Å². The summed E-state index contributed by atoms with van der Waals surface area (Å²) in [5.41, 5.74) is 2.11. The number of hydrogen-bond acceptors (Lipinski definition) is 2. The minimum absolute atomic E-state index is 0.378. The van der Waals surface area contributed by atoms with E-state index in [9.17, 15) is 4.39 Å².